The minimum atomic E-state index is -0.230. The molecule has 0 radical (unpaired) electrons. The van der Waals surface area contributed by atoms with Crippen molar-refractivity contribution in [1.82, 2.24) is 5.32 Å². The van der Waals surface area contributed by atoms with Gasteiger partial charge >= 0.3 is 0 Å². The van der Waals surface area contributed by atoms with Gasteiger partial charge < -0.3 is 10.4 Å². The Morgan fingerprint density at radius 1 is 1.50 bits per heavy atom. The van der Waals surface area contributed by atoms with Crippen molar-refractivity contribution in [3.05, 3.63) is 34.9 Å². The maximum atomic E-state index is 11.8. The van der Waals surface area contributed by atoms with Gasteiger partial charge in [-0.25, -0.2) is 0 Å². The molecule has 0 unspecified atom stereocenters. The van der Waals surface area contributed by atoms with Crippen LogP contribution in [-0.2, 0) is 0 Å². The molecule has 0 aromatic heterocycles. The molecular weight excluding hydrogens is 226 g/mol. The van der Waals surface area contributed by atoms with E-state index in [-0.39, 0.29) is 24.5 Å². The second kappa shape index (κ2) is 5.87. The topological polar surface area (TPSA) is 49.3 Å². The molecule has 0 saturated carbocycles. The maximum absolute atomic E-state index is 11.8. The third-order valence-corrected chi connectivity index (χ3v) is 2.64. The summed E-state index contributed by atoms with van der Waals surface area (Å²) in [6.07, 6.45) is 0. The Morgan fingerprint density at radius 2 is 2.19 bits per heavy atom. The number of benzene rings is 1. The van der Waals surface area contributed by atoms with Crippen LogP contribution < -0.4 is 5.32 Å². The van der Waals surface area contributed by atoms with Crippen LogP contribution in [0.15, 0.2) is 24.3 Å². The van der Waals surface area contributed by atoms with Crippen LogP contribution in [0.2, 0.25) is 5.02 Å². The number of nitrogens with one attached hydrogen (secondary N) is 1. The van der Waals surface area contributed by atoms with E-state index in [2.05, 4.69) is 5.32 Å². The van der Waals surface area contributed by atoms with Crippen LogP contribution in [0.1, 0.15) is 24.2 Å². The summed E-state index contributed by atoms with van der Waals surface area (Å²) in [4.78, 5) is 11.8. The largest absolute Gasteiger partial charge is 0.394 e. The van der Waals surface area contributed by atoms with Crippen molar-refractivity contribution in [2.24, 2.45) is 5.92 Å². The average Bonchev–Trinajstić information content (AvgIpc) is 2.25. The van der Waals surface area contributed by atoms with Crippen molar-refractivity contribution in [2.45, 2.75) is 19.9 Å². The first kappa shape index (κ1) is 13.0. The number of amides is 1. The van der Waals surface area contributed by atoms with Crippen molar-refractivity contribution >= 4 is 17.5 Å². The van der Waals surface area contributed by atoms with Crippen LogP contribution in [0.4, 0.5) is 0 Å². The number of aliphatic hydroxyl groups excluding tert-OH is 1. The molecular formula is C12H16ClNO2. The van der Waals surface area contributed by atoms with E-state index in [4.69, 9.17) is 16.7 Å². The molecule has 0 aliphatic carbocycles. The molecule has 1 amide bonds. The highest BCUT2D eigenvalue weighted by atomic mass is 35.5. The number of hydrogen-bond donors (Lipinski definition) is 2. The molecule has 0 aliphatic heterocycles. The lowest BCUT2D eigenvalue weighted by Gasteiger charge is -2.19. The summed E-state index contributed by atoms with van der Waals surface area (Å²) in [6, 6.07) is 6.50. The molecule has 3 nitrogen and oxygen atoms in total. The second-order valence-corrected chi connectivity index (χ2v) is 4.45. The SMILES string of the molecule is CC(C)[C@@H](CO)NC(=O)c1cccc(Cl)c1. The van der Waals surface area contributed by atoms with Crippen LogP contribution in [0.25, 0.3) is 0 Å². The van der Waals surface area contributed by atoms with E-state index in [0.717, 1.165) is 0 Å². The van der Waals surface area contributed by atoms with Crippen LogP contribution >= 0.6 is 11.6 Å². The average molecular weight is 242 g/mol. The zero-order chi connectivity index (χ0) is 12.1. The number of carbonyl (C=O) groups is 1. The Labute approximate surface area is 100 Å². The lowest BCUT2D eigenvalue weighted by molar-refractivity contribution is 0.0897. The van der Waals surface area contributed by atoms with Crippen molar-refractivity contribution in [1.29, 1.82) is 0 Å². The highest BCUT2D eigenvalue weighted by Crippen LogP contribution is 2.11. The van der Waals surface area contributed by atoms with Crippen molar-refractivity contribution in [3.63, 3.8) is 0 Å². The van der Waals surface area contributed by atoms with Gasteiger partial charge in [0.05, 0.1) is 12.6 Å². The van der Waals surface area contributed by atoms with Gasteiger partial charge in [0, 0.05) is 10.6 Å². The molecule has 4 heteroatoms. The molecule has 1 aromatic rings. The van der Waals surface area contributed by atoms with Gasteiger partial charge in [-0.05, 0) is 24.1 Å². The molecule has 0 fully saturated rings. The van der Waals surface area contributed by atoms with Crippen LogP contribution in [-0.4, -0.2) is 23.7 Å². The molecule has 88 valence electrons. The van der Waals surface area contributed by atoms with Crippen LogP contribution in [0, 0.1) is 5.92 Å². The molecule has 0 aliphatic rings. The molecule has 0 spiro atoms. The molecule has 1 atom stereocenters. The van der Waals surface area contributed by atoms with Crippen LogP contribution in [0.5, 0.6) is 0 Å². The summed E-state index contributed by atoms with van der Waals surface area (Å²) in [6.45, 7) is 3.82. The Balaban J connectivity index is 2.72. The number of halogens is 1. The Kier molecular flexibility index (Phi) is 4.77. The third-order valence-electron chi connectivity index (χ3n) is 2.40. The quantitative estimate of drug-likeness (QED) is 0.848. The first-order valence-electron chi connectivity index (χ1n) is 5.22. The van der Waals surface area contributed by atoms with Gasteiger partial charge in [0.25, 0.3) is 5.91 Å². The molecule has 16 heavy (non-hydrogen) atoms. The van der Waals surface area contributed by atoms with Gasteiger partial charge in [0.2, 0.25) is 0 Å². The van der Waals surface area contributed by atoms with E-state index in [1.807, 2.05) is 13.8 Å². The summed E-state index contributed by atoms with van der Waals surface area (Å²) in [5.41, 5.74) is 0.506. The minimum Gasteiger partial charge on any atom is -0.394 e. The fraction of sp³-hybridized carbons (Fsp3) is 0.417. The second-order valence-electron chi connectivity index (χ2n) is 4.02. The predicted octanol–water partition coefficient (Wildman–Crippen LogP) is 2.09. The van der Waals surface area contributed by atoms with E-state index >= 15 is 0 Å². The zero-order valence-corrected chi connectivity index (χ0v) is 10.2. The van der Waals surface area contributed by atoms with E-state index in [9.17, 15) is 4.79 Å². The highest BCUT2D eigenvalue weighted by Gasteiger charge is 2.16. The van der Waals surface area contributed by atoms with Crippen molar-refractivity contribution in [2.75, 3.05) is 6.61 Å². The van der Waals surface area contributed by atoms with Gasteiger partial charge in [-0.15, -0.1) is 0 Å². The first-order chi connectivity index (χ1) is 7.54. The van der Waals surface area contributed by atoms with E-state index < -0.39 is 0 Å². The lowest BCUT2D eigenvalue weighted by Crippen LogP contribution is -2.41. The first-order valence-corrected chi connectivity index (χ1v) is 5.59. The molecule has 0 heterocycles. The van der Waals surface area contributed by atoms with E-state index in [1.54, 1.807) is 24.3 Å². The predicted molar refractivity (Wildman–Crippen MR) is 64.6 cm³/mol. The Hall–Kier alpha value is -1.06. The number of aliphatic hydroxyl groups is 1. The zero-order valence-electron chi connectivity index (χ0n) is 9.40. The van der Waals surface area contributed by atoms with Gasteiger partial charge in [-0.2, -0.15) is 0 Å². The van der Waals surface area contributed by atoms with Crippen molar-refractivity contribution in [3.8, 4) is 0 Å². The Morgan fingerprint density at radius 3 is 2.69 bits per heavy atom. The standard InChI is InChI=1S/C12H16ClNO2/c1-8(2)11(7-15)14-12(16)9-4-3-5-10(13)6-9/h3-6,8,11,15H,7H2,1-2H3,(H,14,16)/t11-/m1/s1. The van der Waals surface area contributed by atoms with Gasteiger partial charge in [-0.1, -0.05) is 31.5 Å². The van der Waals surface area contributed by atoms with Gasteiger partial charge in [0.1, 0.15) is 0 Å². The molecule has 1 rings (SSSR count). The van der Waals surface area contributed by atoms with E-state index in [0.29, 0.717) is 10.6 Å². The molecule has 2 N–H and O–H groups in total. The summed E-state index contributed by atoms with van der Waals surface area (Å²) in [5.74, 6) is -0.0246. The summed E-state index contributed by atoms with van der Waals surface area (Å²) in [5, 5.41) is 12.4. The Bertz CT molecular complexity index is 366. The summed E-state index contributed by atoms with van der Waals surface area (Å²) < 4.78 is 0. The van der Waals surface area contributed by atoms with Crippen LogP contribution in [0.3, 0.4) is 0 Å². The molecule has 0 bridgehead atoms. The number of hydrogen-bond acceptors (Lipinski definition) is 2. The third kappa shape index (κ3) is 3.51. The fourth-order valence-electron chi connectivity index (χ4n) is 1.30. The monoisotopic (exact) mass is 241 g/mol. The number of carbonyl (C=O) groups excluding carboxylic acids is 1. The van der Waals surface area contributed by atoms with E-state index in [1.165, 1.54) is 0 Å². The molecule has 0 saturated heterocycles. The van der Waals surface area contributed by atoms with Crippen molar-refractivity contribution < 1.29 is 9.90 Å². The fourth-order valence-corrected chi connectivity index (χ4v) is 1.49. The summed E-state index contributed by atoms with van der Waals surface area (Å²) in [7, 11) is 0. The number of rotatable bonds is 4. The maximum Gasteiger partial charge on any atom is 0.251 e. The minimum absolute atomic E-state index is 0.0655. The smallest absolute Gasteiger partial charge is 0.251 e. The normalized spacial score (nSPS) is 12.6. The summed E-state index contributed by atoms with van der Waals surface area (Å²) >= 11 is 5.79. The van der Waals surface area contributed by atoms with Gasteiger partial charge in [-0.3, -0.25) is 4.79 Å². The highest BCUT2D eigenvalue weighted by molar-refractivity contribution is 6.30. The lowest BCUT2D eigenvalue weighted by atomic mass is 10.0. The molecule has 1 aromatic carbocycles. The van der Waals surface area contributed by atoms with Gasteiger partial charge in [0.15, 0.2) is 0 Å².